The van der Waals surface area contributed by atoms with E-state index in [9.17, 15) is 13.5 Å². The number of rotatable bonds is 5. The molecule has 0 radical (unpaired) electrons. The molecule has 2 rings (SSSR count). The van der Waals surface area contributed by atoms with Crippen LogP contribution < -0.4 is 4.72 Å². The van der Waals surface area contributed by atoms with Gasteiger partial charge in [0.05, 0.1) is 4.90 Å². The Bertz CT molecular complexity index is 796. The maximum absolute atomic E-state index is 12.7. The fourth-order valence-electron chi connectivity index (χ4n) is 2.77. The topological polar surface area (TPSA) is 71.3 Å². The molecule has 0 aliphatic carbocycles. The van der Waals surface area contributed by atoms with Gasteiger partial charge in [-0.2, -0.15) is 0 Å². The number of nitrogens with zero attached hydrogens (tertiary/aromatic N) is 1. The van der Waals surface area contributed by atoms with E-state index in [1.807, 2.05) is 53.1 Å². The first-order chi connectivity index (χ1) is 10.6. The quantitative estimate of drug-likeness (QED) is 0.880. The Balaban J connectivity index is 2.29. The van der Waals surface area contributed by atoms with Gasteiger partial charge >= 0.3 is 0 Å². The SMILES string of the molecule is Cc1cc(C)c(C)c(S(=O)(=O)NCC(O)c2cccn2C)c1C. The molecule has 2 N–H and O–H groups in total. The standard InChI is InChI=1S/C17H24N2O3S/c1-11-9-12(2)14(4)17(13(11)3)23(21,22)18-10-16(20)15-7-6-8-19(15)5/h6-9,16,18,20H,10H2,1-5H3. The summed E-state index contributed by atoms with van der Waals surface area (Å²) < 4.78 is 29.7. The predicted octanol–water partition coefficient (Wildman–Crippen LogP) is 2.27. The van der Waals surface area contributed by atoms with Crippen molar-refractivity contribution >= 4 is 10.0 Å². The zero-order valence-electron chi connectivity index (χ0n) is 14.2. The van der Waals surface area contributed by atoms with E-state index in [0.717, 1.165) is 22.3 Å². The molecule has 0 fully saturated rings. The largest absolute Gasteiger partial charge is 0.386 e. The number of sulfonamides is 1. The molecule has 126 valence electrons. The highest BCUT2D eigenvalue weighted by atomic mass is 32.2. The number of nitrogens with one attached hydrogen (secondary N) is 1. The molecule has 5 nitrogen and oxygen atoms in total. The number of benzene rings is 1. The van der Waals surface area contributed by atoms with Crippen LogP contribution in [0.1, 0.15) is 34.1 Å². The molecule has 6 heteroatoms. The van der Waals surface area contributed by atoms with Crippen molar-refractivity contribution in [1.82, 2.24) is 9.29 Å². The Morgan fingerprint density at radius 2 is 1.74 bits per heavy atom. The van der Waals surface area contributed by atoms with Crippen LogP contribution in [0.2, 0.25) is 0 Å². The van der Waals surface area contributed by atoms with Crippen molar-refractivity contribution in [2.45, 2.75) is 38.7 Å². The highest BCUT2D eigenvalue weighted by molar-refractivity contribution is 7.89. The summed E-state index contributed by atoms with van der Waals surface area (Å²) in [6, 6.07) is 5.57. The number of aryl methyl sites for hydroxylation is 3. The second-order valence-corrected chi connectivity index (χ2v) is 7.70. The van der Waals surface area contributed by atoms with E-state index in [1.54, 1.807) is 10.6 Å². The van der Waals surface area contributed by atoms with Crippen LogP contribution in [0, 0.1) is 27.7 Å². The number of aliphatic hydroxyl groups excluding tert-OH is 1. The summed E-state index contributed by atoms with van der Waals surface area (Å²) in [4.78, 5) is 0.314. The van der Waals surface area contributed by atoms with Crippen LogP contribution in [0.3, 0.4) is 0 Å². The molecule has 0 bridgehead atoms. The lowest BCUT2D eigenvalue weighted by Gasteiger charge is -2.18. The number of hydrogen-bond acceptors (Lipinski definition) is 3. The Morgan fingerprint density at radius 3 is 2.22 bits per heavy atom. The molecule has 1 aromatic carbocycles. The maximum atomic E-state index is 12.7. The second-order valence-electron chi connectivity index (χ2n) is 6.00. The summed E-state index contributed by atoms with van der Waals surface area (Å²) in [6.45, 7) is 7.36. The third-order valence-corrected chi connectivity index (χ3v) is 6.05. The van der Waals surface area contributed by atoms with Gasteiger partial charge in [-0.15, -0.1) is 0 Å². The molecule has 1 unspecified atom stereocenters. The smallest absolute Gasteiger partial charge is 0.241 e. The van der Waals surface area contributed by atoms with Crippen molar-refractivity contribution in [3.63, 3.8) is 0 Å². The number of aliphatic hydroxyl groups is 1. The van der Waals surface area contributed by atoms with Gasteiger partial charge in [-0.25, -0.2) is 13.1 Å². The Hall–Kier alpha value is -1.63. The molecule has 23 heavy (non-hydrogen) atoms. The van der Waals surface area contributed by atoms with E-state index in [1.165, 1.54) is 0 Å². The molecule has 0 saturated heterocycles. The first-order valence-electron chi connectivity index (χ1n) is 7.51. The van der Waals surface area contributed by atoms with Gasteiger partial charge in [0.15, 0.2) is 0 Å². The Morgan fingerprint density at radius 1 is 1.17 bits per heavy atom. The molecule has 0 spiro atoms. The van der Waals surface area contributed by atoms with E-state index >= 15 is 0 Å². The molecule has 0 saturated carbocycles. The first-order valence-corrected chi connectivity index (χ1v) is 9.00. The van der Waals surface area contributed by atoms with Crippen molar-refractivity contribution in [3.05, 3.63) is 52.3 Å². The zero-order chi connectivity index (χ0) is 17.4. The monoisotopic (exact) mass is 336 g/mol. The summed E-state index contributed by atoms with van der Waals surface area (Å²) in [6.07, 6.45) is 0.918. The van der Waals surface area contributed by atoms with Crippen LogP contribution in [0.15, 0.2) is 29.3 Å². The minimum atomic E-state index is -3.68. The summed E-state index contributed by atoms with van der Waals surface area (Å²) in [5.74, 6) is 0. The first kappa shape index (κ1) is 17.7. The lowest BCUT2D eigenvalue weighted by atomic mass is 10.0. The van der Waals surface area contributed by atoms with Crippen LogP contribution in [0.5, 0.6) is 0 Å². The second kappa shape index (κ2) is 6.47. The van der Waals surface area contributed by atoms with Gasteiger partial charge in [0, 0.05) is 25.5 Å². The predicted molar refractivity (Wildman–Crippen MR) is 91.0 cm³/mol. The van der Waals surface area contributed by atoms with Crippen LogP contribution in [-0.4, -0.2) is 24.6 Å². The highest BCUT2D eigenvalue weighted by Gasteiger charge is 2.23. The fourth-order valence-corrected chi connectivity index (χ4v) is 4.42. The molecule has 0 aliphatic heterocycles. The van der Waals surface area contributed by atoms with E-state index < -0.39 is 16.1 Å². The van der Waals surface area contributed by atoms with Gasteiger partial charge in [0.2, 0.25) is 10.0 Å². The molecular weight excluding hydrogens is 312 g/mol. The molecule has 2 aromatic rings. The lowest BCUT2D eigenvalue weighted by Crippen LogP contribution is -2.30. The lowest BCUT2D eigenvalue weighted by molar-refractivity contribution is 0.173. The third-order valence-electron chi connectivity index (χ3n) is 4.36. The minimum Gasteiger partial charge on any atom is -0.386 e. The summed E-state index contributed by atoms with van der Waals surface area (Å²) >= 11 is 0. The molecule has 0 aliphatic rings. The van der Waals surface area contributed by atoms with E-state index in [-0.39, 0.29) is 6.54 Å². The van der Waals surface area contributed by atoms with Gasteiger partial charge in [-0.1, -0.05) is 6.07 Å². The van der Waals surface area contributed by atoms with Gasteiger partial charge in [-0.05, 0) is 62.1 Å². The van der Waals surface area contributed by atoms with Crippen molar-refractivity contribution < 1.29 is 13.5 Å². The van der Waals surface area contributed by atoms with Crippen molar-refractivity contribution in [3.8, 4) is 0 Å². The zero-order valence-corrected chi connectivity index (χ0v) is 15.0. The van der Waals surface area contributed by atoms with Gasteiger partial charge in [-0.3, -0.25) is 0 Å². The highest BCUT2D eigenvalue weighted by Crippen LogP contribution is 2.26. The maximum Gasteiger partial charge on any atom is 0.241 e. The summed E-state index contributed by atoms with van der Waals surface area (Å²) in [5, 5.41) is 10.2. The average Bonchev–Trinajstić information content (AvgIpc) is 2.89. The average molecular weight is 336 g/mol. The van der Waals surface area contributed by atoms with Crippen molar-refractivity contribution in [1.29, 1.82) is 0 Å². The van der Waals surface area contributed by atoms with Crippen molar-refractivity contribution in [2.24, 2.45) is 7.05 Å². The van der Waals surface area contributed by atoms with Crippen LogP contribution in [-0.2, 0) is 17.1 Å². The third kappa shape index (κ3) is 3.49. The van der Waals surface area contributed by atoms with Crippen LogP contribution in [0.4, 0.5) is 0 Å². The Kier molecular flexibility index (Phi) is 4.98. The van der Waals surface area contributed by atoms with E-state index in [0.29, 0.717) is 10.6 Å². The van der Waals surface area contributed by atoms with E-state index in [2.05, 4.69) is 4.72 Å². The van der Waals surface area contributed by atoms with E-state index in [4.69, 9.17) is 0 Å². The molecule has 1 aromatic heterocycles. The molecule has 1 atom stereocenters. The molecule has 0 amide bonds. The summed E-state index contributed by atoms with van der Waals surface area (Å²) in [5.41, 5.74) is 4.04. The van der Waals surface area contributed by atoms with Gasteiger partial charge in [0.1, 0.15) is 6.10 Å². The normalized spacial score (nSPS) is 13.3. The van der Waals surface area contributed by atoms with Crippen LogP contribution in [0.25, 0.3) is 0 Å². The molecular formula is C17H24N2O3S. The van der Waals surface area contributed by atoms with Gasteiger partial charge in [0.25, 0.3) is 0 Å². The minimum absolute atomic E-state index is 0.0634. The summed E-state index contributed by atoms with van der Waals surface area (Å²) in [7, 11) is -1.87. The molecule has 1 heterocycles. The number of aromatic nitrogens is 1. The Labute approximate surface area is 138 Å². The van der Waals surface area contributed by atoms with Crippen LogP contribution >= 0.6 is 0 Å². The number of hydrogen-bond donors (Lipinski definition) is 2. The van der Waals surface area contributed by atoms with Gasteiger partial charge < -0.3 is 9.67 Å². The fraction of sp³-hybridized carbons (Fsp3) is 0.412. The van der Waals surface area contributed by atoms with Crippen molar-refractivity contribution in [2.75, 3.05) is 6.54 Å².